The average Bonchev–Trinajstić information content (AvgIpc) is 2.54. The normalized spacial score (nSPS) is 29.4. The molecule has 1 fully saturated rings. The van der Waals surface area contributed by atoms with Crippen LogP contribution in [0.5, 0.6) is 5.75 Å². The Labute approximate surface area is 91.8 Å². The lowest BCUT2D eigenvalue weighted by atomic mass is 10.2. The highest BCUT2D eigenvalue weighted by Crippen LogP contribution is 2.26. The maximum Gasteiger partial charge on any atom is 0.167 e. The molecular weight excluding hydrogens is 216 g/mol. The molecule has 1 aliphatic rings. The Hall–Kier alpha value is -1.20. The van der Waals surface area contributed by atoms with E-state index >= 15 is 0 Å². The van der Waals surface area contributed by atoms with E-state index in [9.17, 15) is 13.9 Å². The first-order chi connectivity index (χ1) is 7.58. The van der Waals surface area contributed by atoms with Gasteiger partial charge in [-0.2, -0.15) is 0 Å². The molecule has 1 aromatic rings. The topological polar surface area (TPSA) is 55.5 Å². The van der Waals surface area contributed by atoms with Crippen LogP contribution in [0.25, 0.3) is 0 Å². The molecule has 5 heteroatoms. The van der Waals surface area contributed by atoms with Gasteiger partial charge in [-0.1, -0.05) is 0 Å². The van der Waals surface area contributed by atoms with Gasteiger partial charge in [0.05, 0.1) is 0 Å². The van der Waals surface area contributed by atoms with E-state index in [2.05, 4.69) is 0 Å². The average molecular weight is 229 g/mol. The van der Waals surface area contributed by atoms with Crippen molar-refractivity contribution in [3.63, 3.8) is 0 Å². The van der Waals surface area contributed by atoms with Gasteiger partial charge >= 0.3 is 0 Å². The molecule has 1 aromatic carbocycles. The number of nitrogens with two attached hydrogens (primary N) is 1. The van der Waals surface area contributed by atoms with Gasteiger partial charge in [0.25, 0.3) is 0 Å². The van der Waals surface area contributed by atoms with Crippen LogP contribution in [0.4, 0.5) is 8.78 Å². The summed E-state index contributed by atoms with van der Waals surface area (Å²) in [5.41, 5.74) is 5.60. The predicted molar refractivity (Wildman–Crippen MR) is 54.0 cm³/mol. The summed E-state index contributed by atoms with van der Waals surface area (Å²) >= 11 is 0. The van der Waals surface area contributed by atoms with Gasteiger partial charge in [-0.3, -0.25) is 0 Å². The molecule has 0 saturated heterocycles. The lowest BCUT2D eigenvalue weighted by Gasteiger charge is -2.19. The first-order valence-corrected chi connectivity index (χ1v) is 5.13. The highest BCUT2D eigenvalue weighted by atomic mass is 19.1. The molecule has 0 aliphatic heterocycles. The summed E-state index contributed by atoms with van der Waals surface area (Å²) < 4.78 is 31.2. The Balaban J connectivity index is 2.09. The highest BCUT2D eigenvalue weighted by Gasteiger charge is 2.34. The van der Waals surface area contributed by atoms with Crippen LogP contribution in [0.1, 0.15) is 12.8 Å². The van der Waals surface area contributed by atoms with Crippen LogP contribution in [0, 0.1) is 11.6 Å². The number of hydrogen-bond acceptors (Lipinski definition) is 3. The molecule has 0 bridgehead atoms. The van der Waals surface area contributed by atoms with Crippen molar-refractivity contribution in [1.29, 1.82) is 0 Å². The van der Waals surface area contributed by atoms with Gasteiger partial charge in [0.15, 0.2) is 11.6 Å². The van der Waals surface area contributed by atoms with Gasteiger partial charge in [0.2, 0.25) is 0 Å². The van der Waals surface area contributed by atoms with E-state index in [1.165, 1.54) is 6.07 Å². The van der Waals surface area contributed by atoms with Crippen molar-refractivity contribution in [2.75, 3.05) is 0 Å². The molecule has 2 rings (SSSR count). The molecule has 1 saturated carbocycles. The summed E-state index contributed by atoms with van der Waals surface area (Å²) in [5, 5.41) is 9.62. The second-order valence-electron chi connectivity index (χ2n) is 3.96. The Morgan fingerprint density at radius 1 is 1.31 bits per heavy atom. The van der Waals surface area contributed by atoms with Crippen LogP contribution in [-0.4, -0.2) is 23.4 Å². The standard InChI is InChI=1S/C11H13F2NO2/c12-6-1-3-9(7(13)5-6)16-10-4-2-8(14)11(10)15/h1,3,5,8,10-11,15H,2,4,14H2. The molecule has 3 atom stereocenters. The van der Waals surface area contributed by atoms with Crippen LogP contribution < -0.4 is 10.5 Å². The molecule has 3 N–H and O–H groups in total. The zero-order valence-electron chi connectivity index (χ0n) is 8.57. The van der Waals surface area contributed by atoms with Gasteiger partial charge < -0.3 is 15.6 Å². The monoisotopic (exact) mass is 229 g/mol. The number of benzene rings is 1. The summed E-state index contributed by atoms with van der Waals surface area (Å²) in [7, 11) is 0. The number of rotatable bonds is 2. The number of hydrogen-bond donors (Lipinski definition) is 2. The third-order valence-electron chi connectivity index (χ3n) is 2.78. The van der Waals surface area contributed by atoms with E-state index in [0.29, 0.717) is 12.8 Å². The van der Waals surface area contributed by atoms with Gasteiger partial charge in [-0.25, -0.2) is 8.78 Å². The Bertz CT molecular complexity index is 386. The number of aliphatic hydroxyl groups is 1. The summed E-state index contributed by atoms with van der Waals surface area (Å²) in [6.07, 6.45) is -0.118. The predicted octanol–water partition coefficient (Wildman–Crippen LogP) is 1.19. The lowest BCUT2D eigenvalue weighted by Crippen LogP contribution is -2.37. The first-order valence-electron chi connectivity index (χ1n) is 5.13. The second-order valence-corrected chi connectivity index (χ2v) is 3.96. The Morgan fingerprint density at radius 3 is 2.62 bits per heavy atom. The van der Waals surface area contributed by atoms with Crippen LogP contribution >= 0.6 is 0 Å². The maximum atomic E-state index is 13.3. The van der Waals surface area contributed by atoms with Crippen LogP contribution in [0.15, 0.2) is 18.2 Å². The Kier molecular flexibility index (Phi) is 3.07. The minimum atomic E-state index is -0.801. The fraction of sp³-hybridized carbons (Fsp3) is 0.455. The molecule has 0 spiro atoms. The SMILES string of the molecule is NC1CCC(Oc2ccc(F)cc2F)C1O. The van der Waals surface area contributed by atoms with Crippen LogP contribution in [0.3, 0.4) is 0 Å². The van der Waals surface area contributed by atoms with E-state index in [4.69, 9.17) is 10.5 Å². The van der Waals surface area contributed by atoms with E-state index in [1.807, 2.05) is 0 Å². The van der Waals surface area contributed by atoms with Crippen LogP contribution in [0.2, 0.25) is 0 Å². The van der Waals surface area contributed by atoms with Crippen molar-refractivity contribution >= 4 is 0 Å². The quantitative estimate of drug-likeness (QED) is 0.801. The summed E-state index contributed by atoms with van der Waals surface area (Å²) in [6, 6.07) is 2.73. The van der Waals surface area contributed by atoms with E-state index in [1.54, 1.807) is 0 Å². The number of ether oxygens (including phenoxy) is 1. The second kappa shape index (κ2) is 4.35. The van der Waals surface area contributed by atoms with Crippen molar-refractivity contribution < 1.29 is 18.6 Å². The van der Waals surface area contributed by atoms with Gasteiger partial charge in [0.1, 0.15) is 18.0 Å². The molecular formula is C11H13F2NO2. The molecule has 3 nitrogen and oxygen atoms in total. The van der Waals surface area contributed by atoms with Crippen molar-refractivity contribution in [1.82, 2.24) is 0 Å². The highest BCUT2D eigenvalue weighted by molar-refractivity contribution is 5.25. The molecule has 88 valence electrons. The van der Waals surface area contributed by atoms with Gasteiger partial charge in [-0.05, 0) is 25.0 Å². The summed E-state index contributed by atoms with van der Waals surface area (Å²) in [6.45, 7) is 0. The number of aliphatic hydroxyl groups excluding tert-OH is 1. The van der Waals surface area contributed by atoms with Crippen LogP contribution in [-0.2, 0) is 0 Å². The maximum absolute atomic E-state index is 13.3. The molecule has 0 aromatic heterocycles. The minimum Gasteiger partial charge on any atom is -0.485 e. The summed E-state index contributed by atoms with van der Waals surface area (Å²) in [5.74, 6) is -1.49. The lowest BCUT2D eigenvalue weighted by molar-refractivity contribution is 0.0497. The Morgan fingerprint density at radius 2 is 2.06 bits per heavy atom. The molecule has 0 heterocycles. The number of halogens is 2. The molecule has 3 unspecified atom stereocenters. The third kappa shape index (κ3) is 2.15. The molecule has 0 amide bonds. The smallest absolute Gasteiger partial charge is 0.167 e. The zero-order valence-corrected chi connectivity index (χ0v) is 8.57. The van der Waals surface area contributed by atoms with E-state index in [0.717, 1.165) is 12.1 Å². The molecule has 0 radical (unpaired) electrons. The van der Waals surface area contributed by atoms with Crippen molar-refractivity contribution in [3.8, 4) is 5.75 Å². The minimum absolute atomic E-state index is 0.0560. The van der Waals surface area contributed by atoms with Crippen molar-refractivity contribution in [2.45, 2.75) is 31.1 Å². The van der Waals surface area contributed by atoms with Crippen molar-refractivity contribution in [2.24, 2.45) is 5.73 Å². The van der Waals surface area contributed by atoms with E-state index < -0.39 is 23.8 Å². The van der Waals surface area contributed by atoms with Gasteiger partial charge in [0, 0.05) is 12.1 Å². The fourth-order valence-electron chi connectivity index (χ4n) is 1.84. The first kappa shape index (κ1) is 11.3. The molecule has 16 heavy (non-hydrogen) atoms. The third-order valence-corrected chi connectivity index (χ3v) is 2.78. The summed E-state index contributed by atoms with van der Waals surface area (Å²) in [4.78, 5) is 0. The largest absolute Gasteiger partial charge is 0.485 e. The molecule has 1 aliphatic carbocycles. The van der Waals surface area contributed by atoms with Crippen molar-refractivity contribution in [3.05, 3.63) is 29.8 Å². The van der Waals surface area contributed by atoms with E-state index in [-0.39, 0.29) is 11.8 Å². The van der Waals surface area contributed by atoms with Gasteiger partial charge in [-0.15, -0.1) is 0 Å². The fourth-order valence-corrected chi connectivity index (χ4v) is 1.84. The zero-order chi connectivity index (χ0) is 11.7.